The standard InChI is InChI=1S/C19H26N6OS/c1-13(2)23-19-20-5-14(6-21-19)7-24-8-15-3-4-17(10-24)25(18(15)26)9-16-11-27-12-22-16/h5-6,11-13,15,17H,3-4,7-10H2,1-2H3,(H,20,21,23). The van der Waals surface area contributed by atoms with Crippen LogP contribution >= 0.6 is 11.3 Å². The molecule has 8 heteroatoms. The Morgan fingerprint density at radius 2 is 2.00 bits per heavy atom. The van der Waals surface area contributed by atoms with Gasteiger partial charge in [0, 0.05) is 55.1 Å². The van der Waals surface area contributed by atoms with Gasteiger partial charge >= 0.3 is 0 Å². The number of amides is 1. The van der Waals surface area contributed by atoms with E-state index < -0.39 is 0 Å². The molecule has 2 unspecified atom stereocenters. The lowest BCUT2D eigenvalue weighted by Gasteiger charge is -2.35. The molecule has 5 rings (SSSR count). The topological polar surface area (TPSA) is 74.2 Å². The molecule has 144 valence electrons. The molecule has 0 saturated carbocycles. The molecule has 0 spiro atoms. The maximum atomic E-state index is 12.9. The van der Waals surface area contributed by atoms with Gasteiger partial charge in [-0.2, -0.15) is 0 Å². The van der Waals surface area contributed by atoms with E-state index in [4.69, 9.17) is 0 Å². The van der Waals surface area contributed by atoms with Crippen LogP contribution in [0.25, 0.3) is 0 Å². The van der Waals surface area contributed by atoms with Crippen LogP contribution in [0.1, 0.15) is 37.9 Å². The smallest absolute Gasteiger partial charge is 0.227 e. The van der Waals surface area contributed by atoms with Gasteiger partial charge in [0.25, 0.3) is 0 Å². The molecule has 2 aromatic heterocycles. The lowest BCUT2D eigenvalue weighted by atomic mass is 9.94. The number of anilines is 1. The fourth-order valence-electron chi connectivity index (χ4n) is 3.98. The van der Waals surface area contributed by atoms with Crippen LogP contribution in [-0.2, 0) is 17.9 Å². The summed E-state index contributed by atoms with van der Waals surface area (Å²) in [6.45, 7) is 7.27. The molecule has 1 N–H and O–H groups in total. The zero-order valence-electron chi connectivity index (χ0n) is 15.8. The summed E-state index contributed by atoms with van der Waals surface area (Å²) in [6.07, 6.45) is 5.84. The Morgan fingerprint density at radius 3 is 2.70 bits per heavy atom. The molecule has 5 heterocycles. The largest absolute Gasteiger partial charge is 0.352 e. The summed E-state index contributed by atoms with van der Waals surface area (Å²) >= 11 is 1.58. The Labute approximate surface area is 163 Å². The predicted octanol–water partition coefficient (Wildman–Crippen LogP) is 2.38. The molecule has 3 fully saturated rings. The molecule has 3 aliphatic rings. The number of piperidine rings is 1. The second-order valence-corrected chi connectivity index (χ2v) is 8.50. The number of nitrogens with one attached hydrogen (secondary N) is 1. The summed E-state index contributed by atoms with van der Waals surface area (Å²) in [5, 5.41) is 5.25. The summed E-state index contributed by atoms with van der Waals surface area (Å²) in [6, 6.07) is 0.576. The van der Waals surface area contributed by atoms with Gasteiger partial charge in [-0.25, -0.2) is 15.0 Å². The third-order valence-corrected chi connectivity index (χ3v) is 5.85. The minimum Gasteiger partial charge on any atom is -0.352 e. The number of carbonyl (C=O) groups is 1. The van der Waals surface area contributed by atoms with E-state index in [0.29, 0.717) is 18.5 Å². The number of rotatable bonds is 6. The highest BCUT2D eigenvalue weighted by Gasteiger charge is 2.40. The van der Waals surface area contributed by atoms with Crippen molar-refractivity contribution in [2.45, 2.75) is 51.9 Å². The first-order valence-corrected chi connectivity index (χ1v) is 10.5. The Kier molecular flexibility index (Phi) is 5.36. The third kappa shape index (κ3) is 4.27. The van der Waals surface area contributed by atoms with Gasteiger partial charge in [-0.05, 0) is 26.7 Å². The minimum atomic E-state index is 0.0881. The summed E-state index contributed by atoms with van der Waals surface area (Å²) in [5.41, 5.74) is 3.91. The zero-order chi connectivity index (χ0) is 18.8. The molecule has 3 aliphatic heterocycles. The van der Waals surface area contributed by atoms with Crippen LogP contribution in [0.4, 0.5) is 5.95 Å². The predicted molar refractivity (Wildman–Crippen MR) is 105 cm³/mol. The van der Waals surface area contributed by atoms with E-state index in [1.165, 1.54) is 0 Å². The van der Waals surface area contributed by atoms with Gasteiger partial charge in [0.2, 0.25) is 11.9 Å². The number of hydrogen-bond acceptors (Lipinski definition) is 7. The number of aromatic nitrogens is 3. The minimum absolute atomic E-state index is 0.0881. The fourth-order valence-corrected chi connectivity index (χ4v) is 4.53. The van der Waals surface area contributed by atoms with E-state index in [1.807, 2.05) is 23.3 Å². The van der Waals surface area contributed by atoms with E-state index in [1.54, 1.807) is 11.3 Å². The van der Waals surface area contributed by atoms with Crippen molar-refractivity contribution in [2.24, 2.45) is 5.92 Å². The Morgan fingerprint density at radius 1 is 1.19 bits per heavy atom. The molecule has 27 heavy (non-hydrogen) atoms. The molecule has 0 aliphatic carbocycles. The van der Waals surface area contributed by atoms with Crippen LogP contribution in [0.2, 0.25) is 0 Å². The molecule has 2 aromatic rings. The maximum Gasteiger partial charge on any atom is 0.227 e. The van der Waals surface area contributed by atoms with Crippen LogP contribution in [0.3, 0.4) is 0 Å². The van der Waals surface area contributed by atoms with E-state index in [9.17, 15) is 4.79 Å². The first kappa shape index (κ1) is 18.3. The normalized spacial score (nSPS) is 23.1. The van der Waals surface area contributed by atoms with Crippen LogP contribution < -0.4 is 5.32 Å². The summed E-state index contributed by atoms with van der Waals surface area (Å²) < 4.78 is 0. The Bertz CT molecular complexity index is 763. The number of thiazole rings is 1. The molecule has 2 atom stereocenters. The monoisotopic (exact) mass is 386 g/mol. The summed E-state index contributed by atoms with van der Waals surface area (Å²) in [5.74, 6) is 1.04. The van der Waals surface area contributed by atoms with Crippen molar-refractivity contribution in [3.8, 4) is 0 Å². The molecular weight excluding hydrogens is 360 g/mol. The maximum absolute atomic E-state index is 12.9. The van der Waals surface area contributed by atoms with Crippen molar-refractivity contribution in [2.75, 3.05) is 18.4 Å². The van der Waals surface area contributed by atoms with E-state index in [2.05, 4.69) is 43.9 Å². The van der Waals surface area contributed by atoms with Crippen molar-refractivity contribution in [1.82, 2.24) is 24.8 Å². The quantitative estimate of drug-likeness (QED) is 0.822. The van der Waals surface area contributed by atoms with Gasteiger partial charge in [-0.15, -0.1) is 11.3 Å². The highest BCUT2D eigenvalue weighted by Crippen LogP contribution is 2.31. The SMILES string of the molecule is CC(C)Nc1ncc(CN2CC3CCC(C2)N(Cc2cscn2)C3=O)cn1. The van der Waals surface area contributed by atoms with Gasteiger partial charge < -0.3 is 10.2 Å². The number of fused-ring (bicyclic) bond motifs is 4. The van der Waals surface area contributed by atoms with Crippen molar-refractivity contribution < 1.29 is 4.79 Å². The second kappa shape index (κ2) is 7.90. The van der Waals surface area contributed by atoms with Gasteiger partial charge in [0.05, 0.1) is 23.7 Å². The Hall–Kier alpha value is -2.06. The summed E-state index contributed by atoms with van der Waals surface area (Å²) in [4.78, 5) is 30.5. The van der Waals surface area contributed by atoms with Gasteiger partial charge in [0.15, 0.2) is 0 Å². The van der Waals surface area contributed by atoms with Gasteiger partial charge in [-0.3, -0.25) is 9.69 Å². The van der Waals surface area contributed by atoms with Gasteiger partial charge in [-0.1, -0.05) is 0 Å². The third-order valence-electron chi connectivity index (χ3n) is 5.21. The molecule has 1 amide bonds. The average Bonchev–Trinajstić information content (AvgIpc) is 3.02. The molecular formula is C19H26N6OS. The molecule has 7 nitrogen and oxygen atoms in total. The van der Waals surface area contributed by atoms with Crippen LogP contribution in [0, 0.1) is 5.92 Å². The molecule has 0 aromatic carbocycles. The number of hydrogen-bond donors (Lipinski definition) is 1. The number of nitrogens with zero attached hydrogens (tertiary/aromatic N) is 5. The van der Waals surface area contributed by atoms with Gasteiger partial charge in [0.1, 0.15) is 0 Å². The van der Waals surface area contributed by atoms with E-state index >= 15 is 0 Å². The van der Waals surface area contributed by atoms with E-state index in [-0.39, 0.29) is 17.9 Å². The summed E-state index contributed by atoms with van der Waals surface area (Å²) in [7, 11) is 0. The number of carbonyl (C=O) groups excluding carboxylic acids is 1. The van der Waals surface area contributed by atoms with Crippen molar-refractivity contribution in [3.63, 3.8) is 0 Å². The average molecular weight is 387 g/mol. The molecule has 0 radical (unpaired) electrons. The van der Waals surface area contributed by atoms with E-state index in [0.717, 1.165) is 43.7 Å². The molecule has 2 bridgehead atoms. The zero-order valence-corrected chi connectivity index (χ0v) is 16.7. The fraction of sp³-hybridized carbons (Fsp3) is 0.579. The van der Waals surface area contributed by atoms with Crippen LogP contribution in [0.15, 0.2) is 23.3 Å². The first-order valence-electron chi connectivity index (χ1n) is 9.56. The highest BCUT2D eigenvalue weighted by molar-refractivity contribution is 7.07. The van der Waals surface area contributed by atoms with Crippen molar-refractivity contribution in [3.05, 3.63) is 34.5 Å². The first-order chi connectivity index (χ1) is 13.1. The van der Waals surface area contributed by atoms with Crippen LogP contribution in [-0.4, -0.2) is 55.8 Å². The van der Waals surface area contributed by atoms with Crippen molar-refractivity contribution >= 4 is 23.2 Å². The Balaban J connectivity index is 1.43. The van der Waals surface area contributed by atoms with Crippen molar-refractivity contribution in [1.29, 1.82) is 0 Å². The molecule has 3 saturated heterocycles. The lowest BCUT2D eigenvalue weighted by Crippen LogP contribution is -2.47. The second-order valence-electron chi connectivity index (χ2n) is 7.78. The van der Waals surface area contributed by atoms with Crippen LogP contribution in [0.5, 0.6) is 0 Å². The highest BCUT2D eigenvalue weighted by atomic mass is 32.1. The lowest BCUT2D eigenvalue weighted by molar-refractivity contribution is -0.140.